The number of aliphatic carboxylic acids is 1. The van der Waals surface area contributed by atoms with Crippen molar-refractivity contribution in [2.45, 2.75) is 44.7 Å². The van der Waals surface area contributed by atoms with E-state index in [1.54, 1.807) is 11.8 Å². The molecule has 0 spiro atoms. The van der Waals surface area contributed by atoms with Crippen molar-refractivity contribution in [1.29, 1.82) is 0 Å². The molecule has 7 heteroatoms. The van der Waals surface area contributed by atoms with Gasteiger partial charge >= 0.3 is 12.0 Å². The molecule has 0 bridgehead atoms. The molecule has 2 unspecified atom stereocenters. The number of rotatable bonds is 5. The van der Waals surface area contributed by atoms with Gasteiger partial charge < -0.3 is 20.6 Å². The Balaban J connectivity index is 1.80. The lowest BCUT2D eigenvalue weighted by atomic mass is 10.2. The fourth-order valence-electron chi connectivity index (χ4n) is 2.46. The molecule has 0 radical (unpaired) electrons. The molecule has 3 N–H and O–H groups in total. The lowest BCUT2D eigenvalue weighted by Gasteiger charge is -2.22. The van der Waals surface area contributed by atoms with Crippen LogP contribution in [0.25, 0.3) is 0 Å². The molecule has 2 rings (SSSR count). The molecule has 1 heterocycles. The largest absolute Gasteiger partial charge is 0.480 e. The molecule has 0 aromatic heterocycles. The molecule has 1 aliphatic heterocycles. The van der Waals surface area contributed by atoms with Crippen molar-refractivity contribution in [2.24, 2.45) is 5.92 Å². The fourth-order valence-corrected chi connectivity index (χ4v) is 2.46. The zero-order chi connectivity index (χ0) is 14.7. The van der Waals surface area contributed by atoms with Gasteiger partial charge in [0.25, 0.3) is 0 Å². The number of likely N-dealkylation sites (tertiary alicyclic amines) is 1. The highest BCUT2D eigenvalue weighted by Crippen LogP contribution is 2.32. The maximum absolute atomic E-state index is 12.0. The van der Waals surface area contributed by atoms with Gasteiger partial charge in [-0.2, -0.15) is 0 Å². The minimum absolute atomic E-state index is 0.0165. The van der Waals surface area contributed by atoms with Crippen LogP contribution in [0.15, 0.2) is 0 Å². The van der Waals surface area contributed by atoms with Crippen molar-refractivity contribution in [3.05, 3.63) is 0 Å². The van der Waals surface area contributed by atoms with Crippen molar-refractivity contribution in [1.82, 2.24) is 15.5 Å². The highest BCUT2D eigenvalue weighted by Gasteiger charge is 2.37. The number of carbonyl (C=O) groups is 3. The first kappa shape index (κ1) is 14.6. The van der Waals surface area contributed by atoms with Gasteiger partial charge in [-0.05, 0) is 38.5 Å². The zero-order valence-electron chi connectivity index (χ0n) is 11.6. The molecule has 7 nitrogen and oxygen atoms in total. The van der Waals surface area contributed by atoms with Crippen LogP contribution < -0.4 is 10.6 Å². The van der Waals surface area contributed by atoms with E-state index in [9.17, 15) is 14.4 Å². The van der Waals surface area contributed by atoms with E-state index < -0.39 is 24.1 Å². The Bertz CT molecular complexity index is 402. The predicted molar refractivity (Wildman–Crippen MR) is 71.1 cm³/mol. The molecular weight excluding hydrogens is 262 g/mol. The van der Waals surface area contributed by atoms with E-state index in [-0.39, 0.29) is 11.8 Å². The van der Waals surface area contributed by atoms with Gasteiger partial charge in [0.2, 0.25) is 5.91 Å². The van der Waals surface area contributed by atoms with Gasteiger partial charge in [-0.3, -0.25) is 4.79 Å². The number of nitrogens with one attached hydrogen (secondary N) is 2. The minimum atomic E-state index is -1.03. The Morgan fingerprint density at radius 1 is 1.15 bits per heavy atom. The second kappa shape index (κ2) is 6.11. The minimum Gasteiger partial charge on any atom is -0.480 e. The van der Waals surface area contributed by atoms with Crippen LogP contribution in [-0.2, 0) is 9.59 Å². The molecule has 1 saturated heterocycles. The number of carboxylic acid groups (broad SMARTS) is 1. The number of urea groups is 1. The van der Waals surface area contributed by atoms with E-state index >= 15 is 0 Å². The summed E-state index contributed by atoms with van der Waals surface area (Å²) in [6, 6.07) is -2.09. The van der Waals surface area contributed by atoms with E-state index in [2.05, 4.69) is 10.6 Å². The lowest BCUT2D eigenvalue weighted by Crippen LogP contribution is -2.53. The summed E-state index contributed by atoms with van der Waals surface area (Å²) < 4.78 is 0. The molecule has 112 valence electrons. The van der Waals surface area contributed by atoms with Crippen molar-refractivity contribution in [3.63, 3.8) is 0 Å². The van der Waals surface area contributed by atoms with Crippen LogP contribution in [0.5, 0.6) is 0 Å². The van der Waals surface area contributed by atoms with E-state index in [1.807, 2.05) is 0 Å². The Kier molecular flexibility index (Phi) is 4.46. The second-order valence-corrected chi connectivity index (χ2v) is 5.53. The third kappa shape index (κ3) is 3.61. The Morgan fingerprint density at radius 2 is 1.75 bits per heavy atom. The summed E-state index contributed by atoms with van der Waals surface area (Å²) >= 11 is 0. The van der Waals surface area contributed by atoms with Gasteiger partial charge in [0.15, 0.2) is 0 Å². The van der Waals surface area contributed by atoms with E-state index in [0.717, 1.165) is 38.8 Å². The zero-order valence-corrected chi connectivity index (χ0v) is 11.6. The first-order chi connectivity index (χ1) is 9.49. The molecule has 2 atom stereocenters. The number of amides is 3. The fraction of sp³-hybridized carbons (Fsp3) is 0.769. The first-order valence-corrected chi connectivity index (χ1v) is 7.07. The average Bonchev–Trinajstić information content (AvgIpc) is 3.08. The molecular formula is C13H21N3O4. The van der Waals surface area contributed by atoms with Crippen molar-refractivity contribution < 1.29 is 19.5 Å². The summed E-state index contributed by atoms with van der Waals surface area (Å²) in [5, 5.41) is 14.0. The van der Waals surface area contributed by atoms with Crippen LogP contribution in [0.4, 0.5) is 4.79 Å². The molecule has 20 heavy (non-hydrogen) atoms. The predicted octanol–water partition coefficient (Wildman–Crippen LogP) is 0.160. The van der Waals surface area contributed by atoms with Crippen LogP contribution in [0.1, 0.15) is 32.6 Å². The van der Waals surface area contributed by atoms with Crippen LogP contribution >= 0.6 is 0 Å². The van der Waals surface area contributed by atoms with Crippen molar-refractivity contribution >= 4 is 17.9 Å². The van der Waals surface area contributed by atoms with Crippen LogP contribution in [0.2, 0.25) is 0 Å². The Morgan fingerprint density at radius 3 is 2.25 bits per heavy atom. The second-order valence-electron chi connectivity index (χ2n) is 5.53. The van der Waals surface area contributed by atoms with Gasteiger partial charge in [0.05, 0.1) is 0 Å². The molecule has 1 aliphatic carbocycles. The van der Waals surface area contributed by atoms with Gasteiger partial charge in [0, 0.05) is 13.1 Å². The van der Waals surface area contributed by atoms with Gasteiger partial charge in [-0.25, -0.2) is 9.59 Å². The number of carboxylic acids is 1. The first-order valence-electron chi connectivity index (χ1n) is 7.07. The SMILES string of the molecule is CC(NC(=O)NC(C(=O)O)C1CC1)C(=O)N1CCCC1. The van der Waals surface area contributed by atoms with E-state index in [1.165, 1.54) is 0 Å². The molecule has 2 aliphatic rings. The number of carbonyl (C=O) groups excluding carboxylic acids is 2. The Labute approximate surface area is 117 Å². The number of nitrogens with zero attached hydrogens (tertiary/aromatic N) is 1. The molecule has 1 saturated carbocycles. The maximum atomic E-state index is 12.0. The molecule has 3 amide bonds. The molecule has 2 fully saturated rings. The third-order valence-corrected chi connectivity index (χ3v) is 3.78. The van der Waals surface area contributed by atoms with E-state index in [4.69, 9.17) is 5.11 Å². The van der Waals surface area contributed by atoms with Gasteiger partial charge in [-0.15, -0.1) is 0 Å². The van der Waals surface area contributed by atoms with Gasteiger partial charge in [0.1, 0.15) is 12.1 Å². The summed E-state index contributed by atoms with van der Waals surface area (Å²) in [7, 11) is 0. The quantitative estimate of drug-likeness (QED) is 0.669. The highest BCUT2D eigenvalue weighted by atomic mass is 16.4. The smallest absolute Gasteiger partial charge is 0.326 e. The van der Waals surface area contributed by atoms with Crippen LogP contribution in [0.3, 0.4) is 0 Å². The lowest BCUT2D eigenvalue weighted by molar-refractivity contribution is -0.139. The van der Waals surface area contributed by atoms with Crippen LogP contribution in [0, 0.1) is 5.92 Å². The highest BCUT2D eigenvalue weighted by molar-refractivity contribution is 5.88. The topological polar surface area (TPSA) is 98.7 Å². The summed E-state index contributed by atoms with van der Waals surface area (Å²) in [4.78, 5) is 36.5. The monoisotopic (exact) mass is 283 g/mol. The maximum Gasteiger partial charge on any atom is 0.326 e. The number of hydrogen-bond donors (Lipinski definition) is 3. The van der Waals surface area contributed by atoms with Crippen molar-refractivity contribution in [3.8, 4) is 0 Å². The van der Waals surface area contributed by atoms with E-state index in [0.29, 0.717) is 0 Å². The van der Waals surface area contributed by atoms with Crippen molar-refractivity contribution in [2.75, 3.05) is 13.1 Å². The standard InChI is InChI=1S/C13H21N3O4/c1-8(11(17)16-6-2-3-7-16)14-13(20)15-10(12(18)19)9-4-5-9/h8-10H,2-7H2,1H3,(H,18,19)(H2,14,15,20). The normalized spacial score (nSPS) is 21.1. The summed E-state index contributed by atoms with van der Waals surface area (Å²) in [6.07, 6.45) is 3.62. The number of hydrogen-bond acceptors (Lipinski definition) is 3. The Hall–Kier alpha value is -1.79. The molecule has 0 aromatic rings. The molecule has 0 aromatic carbocycles. The summed E-state index contributed by atoms with van der Waals surface area (Å²) in [6.45, 7) is 3.08. The van der Waals surface area contributed by atoms with Gasteiger partial charge in [-0.1, -0.05) is 0 Å². The third-order valence-electron chi connectivity index (χ3n) is 3.78. The summed E-state index contributed by atoms with van der Waals surface area (Å²) in [5.41, 5.74) is 0. The average molecular weight is 283 g/mol. The summed E-state index contributed by atoms with van der Waals surface area (Å²) in [5.74, 6) is -1.13. The van der Waals surface area contributed by atoms with Crippen LogP contribution in [-0.4, -0.2) is 53.1 Å².